The van der Waals surface area contributed by atoms with Gasteiger partial charge in [-0.25, -0.2) is 4.79 Å². The molecule has 0 aromatic heterocycles. The molecule has 6 nitrogen and oxygen atoms in total. The molecule has 0 spiro atoms. The molecule has 9 heteroatoms. The minimum absolute atomic E-state index is 0.117. The van der Waals surface area contributed by atoms with Crippen LogP contribution in [0.15, 0.2) is 42.5 Å². The zero-order valence-electron chi connectivity index (χ0n) is 13.0. The van der Waals surface area contributed by atoms with Crippen LogP contribution in [0.1, 0.15) is 15.9 Å². The number of carbonyl (C=O) groups is 2. The van der Waals surface area contributed by atoms with E-state index in [1.165, 1.54) is 42.5 Å². The Hall–Kier alpha value is -3.18. The van der Waals surface area contributed by atoms with Crippen molar-refractivity contribution in [1.29, 1.82) is 5.26 Å². The number of carbonyl (C=O) groups excluding carboxylic acids is 2. The summed E-state index contributed by atoms with van der Waals surface area (Å²) in [6, 6.07) is 11.4. The maximum absolute atomic E-state index is 12.2. The summed E-state index contributed by atoms with van der Waals surface area (Å²) in [7, 11) is 0. The number of amides is 1. The van der Waals surface area contributed by atoms with Gasteiger partial charge < -0.3 is 14.8 Å². The van der Waals surface area contributed by atoms with E-state index in [0.717, 1.165) is 0 Å². The Morgan fingerprint density at radius 3 is 2.65 bits per heavy atom. The van der Waals surface area contributed by atoms with Gasteiger partial charge >= 0.3 is 12.6 Å². The van der Waals surface area contributed by atoms with Gasteiger partial charge in [0.15, 0.2) is 6.61 Å². The fourth-order valence-electron chi connectivity index (χ4n) is 1.90. The number of anilines is 1. The first kappa shape index (κ1) is 19.1. The second kappa shape index (κ2) is 8.78. The van der Waals surface area contributed by atoms with Gasteiger partial charge in [0.25, 0.3) is 5.91 Å². The van der Waals surface area contributed by atoms with E-state index in [-0.39, 0.29) is 27.6 Å². The molecule has 0 saturated heterocycles. The first-order valence-electron chi connectivity index (χ1n) is 7.10. The van der Waals surface area contributed by atoms with E-state index in [1.54, 1.807) is 0 Å². The molecule has 26 heavy (non-hydrogen) atoms. The normalized spacial score (nSPS) is 10.1. The molecule has 2 rings (SSSR count). The molecule has 0 aliphatic carbocycles. The van der Waals surface area contributed by atoms with Crippen LogP contribution in [-0.4, -0.2) is 25.1 Å². The molecule has 1 N–H and O–H groups in total. The molecule has 0 radical (unpaired) electrons. The van der Waals surface area contributed by atoms with Crippen molar-refractivity contribution in [3.63, 3.8) is 0 Å². The predicted molar refractivity (Wildman–Crippen MR) is 88.2 cm³/mol. The molecule has 0 bridgehead atoms. The monoisotopic (exact) mass is 380 g/mol. The fourth-order valence-corrected chi connectivity index (χ4v) is 2.12. The highest BCUT2D eigenvalue weighted by molar-refractivity contribution is 6.32. The highest BCUT2D eigenvalue weighted by atomic mass is 35.5. The average Bonchev–Trinajstić information content (AvgIpc) is 2.61. The third-order valence-corrected chi connectivity index (χ3v) is 3.29. The maximum Gasteiger partial charge on any atom is 0.387 e. The molecule has 1 amide bonds. The van der Waals surface area contributed by atoms with Gasteiger partial charge in [0, 0.05) is 5.69 Å². The van der Waals surface area contributed by atoms with Crippen LogP contribution in [0.2, 0.25) is 5.02 Å². The van der Waals surface area contributed by atoms with Crippen molar-refractivity contribution in [3.8, 4) is 11.8 Å². The topological polar surface area (TPSA) is 88.4 Å². The minimum atomic E-state index is -3.02. The summed E-state index contributed by atoms with van der Waals surface area (Å²) in [4.78, 5) is 23.7. The lowest BCUT2D eigenvalue weighted by molar-refractivity contribution is -0.119. The largest absolute Gasteiger partial charge is 0.452 e. The van der Waals surface area contributed by atoms with Gasteiger partial charge in [0.2, 0.25) is 0 Å². The zero-order valence-corrected chi connectivity index (χ0v) is 13.8. The summed E-state index contributed by atoms with van der Waals surface area (Å²) in [6.45, 7) is -3.60. The lowest BCUT2D eigenvalue weighted by Crippen LogP contribution is -2.21. The summed E-state index contributed by atoms with van der Waals surface area (Å²) >= 11 is 5.77. The summed E-state index contributed by atoms with van der Waals surface area (Å²) in [5.41, 5.74) is 0.627. The van der Waals surface area contributed by atoms with Crippen LogP contribution in [0.25, 0.3) is 0 Å². The Labute approximate surface area is 151 Å². The number of alkyl halides is 2. The lowest BCUT2D eigenvalue weighted by atomic mass is 10.1. The molecule has 0 aliphatic rings. The van der Waals surface area contributed by atoms with Crippen molar-refractivity contribution in [2.75, 3.05) is 11.9 Å². The smallest absolute Gasteiger partial charge is 0.387 e. The van der Waals surface area contributed by atoms with Gasteiger partial charge in [-0.05, 0) is 36.4 Å². The van der Waals surface area contributed by atoms with Gasteiger partial charge in [0.1, 0.15) is 5.75 Å². The summed E-state index contributed by atoms with van der Waals surface area (Å²) in [6.07, 6.45) is 0. The molecular formula is C17H11ClF2N2O4. The quantitative estimate of drug-likeness (QED) is 0.773. The van der Waals surface area contributed by atoms with Gasteiger partial charge in [-0.3, -0.25) is 4.79 Å². The number of esters is 1. The number of nitriles is 1. The van der Waals surface area contributed by atoms with Crippen LogP contribution in [0, 0.1) is 11.3 Å². The highest BCUT2D eigenvalue weighted by Gasteiger charge is 2.13. The SMILES string of the molecule is N#Cc1cccc(C(=O)OCC(=O)Nc2ccc(OC(F)F)c(Cl)c2)c1. The maximum atomic E-state index is 12.2. The number of nitrogens with zero attached hydrogens (tertiary/aromatic N) is 1. The van der Waals surface area contributed by atoms with Crippen LogP contribution in [0.5, 0.6) is 5.75 Å². The van der Waals surface area contributed by atoms with Crippen LogP contribution >= 0.6 is 11.6 Å². The number of benzene rings is 2. The predicted octanol–water partition coefficient (Wildman–Crippen LogP) is 3.61. The van der Waals surface area contributed by atoms with E-state index in [1.807, 2.05) is 6.07 Å². The average molecular weight is 381 g/mol. The second-order valence-electron chi connectivity index (χ2n) is 4.84. The summed E-state index contributed by atoms with van der Waals surface area (Å²) in [5, 5.41) is 11.1. The standard InChI is InChI=1S/C17H11ClF2N2O4/c18-13-7-12(4-5-14(13)26-17(19)20)22-15(23)9-25-16(24)11-3-1-2-10(6-11)8-21/h1-7,17H,9H2,(H,22,23). The Kier molecular flexibility index (Phi) is 6.47. The van der Waals surface area contributed by atoms with E-state index in [2.05, 4.69) is 10.1 Å². The van der Waals surface area contributed by atoms with E-state index in [9.17, 15) is 18.4 Å². The van der Waals surface area contributed by atoms with Crippen LogP contribution in [0.3, 0.4) is 0 Å². The lowest BCUT2D eigenvalue weighted by Gasteiger charge is -2.10. The Morgan fingerprint density at radius 1 is 1.23 bits per heavy atom. The molecule has 2 aromatic rings. The van der Waals surface area contributed by atoms with Crippen molar-refractivity contribution in [2.24, 2.45) is 0 Å². The Morgan fingerprint density at radius 2 is 2.00 bits per heavy atom. The van der Waals surface area contributed by atoms with Gasteiger partial charge in [-0.1, -0.05) is 17.7 Å². The summed E-state index contributed by atoms with van der Waals surface area (Å²) in [5.74, 6) is -1.66. The minimum Gasteiger partial charge on any atom is -0.452 e. The van der Waals surface area contributed by atoms with Crippen LogP contribution < -0.4 is 10.1 Å². The van der Waals surface area contributed by atoms with Crippen LogP contribution in [0.4, 0.5) is 14.5 Å². The Bertz CT molecular complexity index is 868. The van der Waals surface area contributed by atoms with Gasteiger partial charge in [-0.15, -0.1) is 0 Å². The van der Waals surface area contributed by atoms with Crippen LogP contribution in [-0.2, 0) is 9.53 Å². The van der Waals surface area contributed by atoms with E-state index < -0.39 is 25.1 Å². The molecule has 0 saturated carbocycles. The molecule has 0 fully saturated rings. The fraction of sp³-hybridized carbons (Fsp3) is 0.118. The number of rotatable bonds is 6. The number of nitrogens with one attached hydrogen (secondary N) is 1. The van der Waals surface area contributed by atoms with Gasteiger partial charge in [-0.2, -0.15) is 14.0 Å². The molecular weight excluding hydrogens is 370 g/mol. The van der Waals surface area contributed by atoms with Crippen molar-refractivity contribution >= 4 is 29.2 Å². The van der Waals surface area contributed by atoms with E-state index in [0.29, 0.717) is 0 Å². The third-order valence-electron chi connectivity index (χ3n) is 2.99. The van der Waals surface area contributed by atoms with Crippen molar-refractivity contribution in [3.05, 3.63) is 58.6 Å². The molecule has 0 unspecified atom stereocenters. The molecule has 0 heterocycles. The van der Waals surface area contributed by atoms with Gasteiger partial charge in [0.05, 0.1) is 22.2 Å². The molecule has 0 atom stereocenters. The Balaban J connectivity index is 1.91. The first-order valence-corrected chi connectivity index (χ1v) is 7.48. The summed E-state index contributed by atoms with van der Waals surface area (Å²) < 4.78 is 33.3. The second-order valence-corrected chi connectivity index (χ2v) is 5.25. The van der Waals surface area contributed by atoms with Crippen molar-refractivity contribution in [1.82, 2.24) is 0 Å². The molecule has 2 aromatic carbocycles. The number of ether oxygens (including phenoxy) is 2. The first-order chi connectivity index (χ1) is 12.4. The number of hydrogen-bond donors (Lipinski definition) is 1. The third kappa shape index (κ3) is 5.43. The van der Waals surface area contributed by atoms with E-state index in [4.69, 9.17) is 21.6 Å². The molecule has 0 aliphatic heterocycles. The van der Waals surface area contributed by atoms with E-state index >= 15 is 0 Å². The van der Waals surface area contributed by atoms with Crippen molar-refractivity contribution < 1.29 is 27.8 Å². The number of hydrogen-bond acceptors (Lipinski definition) is 5. The molecule has 134 valence electrons. The number of halogens is 3. The van der Waals surface area contributed by atoms with Crippen molar-refractivity contribution in [2.45, 2.75) is 6.61 Å². The highest BCUT2D eigenvalue weighted by Crippen LogP contribution is 2.28. The zero-order chi connectivity index (χ0) is 19.1.